The number of carbonyl (C=O) groups is 1. The Labute approximate surface area is 137 Å². The summed E-state index contributed by atoms with van der Waals surface area (Å²) in [4.78, 5) is 11.9. The van der Waals surface area contributed by atoms with Crippen LogP contribution in [-0.2, 0) is 4.79 Å². The molecule has 0 aliphatic carbocycles. The predicted molar refractivity (Wildman–Crippen MR) is 89.5 cm³/mol. The maximum Gasteiger partial charge on any atom is 0.262 e. The number of rotatable bonds is 4. The van der Waals surface area contributed by atoms with Crippen molar-refractivity contribution in [1.29, 1.82) is 0 Å². The third-order valence-electron chi connectivity index (χ3n) is 3.33. The van der Waals surface area contributed by atoms with Crippen LogP contribution >= 0.6 is 11.6 Å². The van der Waals surface area contributed by atoms with Gasteiger partial charge in [-0.25, -0.2) is 4.39 Å². The van der Waals surface area contributed by atoms with Crippen molar-refractivity contribution in [2.75, 3.05) is 11.9 Å². The highest BCUT2D eigenvalue weighted by molar-refractivity contribution is 6.31. The highest BCUT2D eigenvalue weighted by atomic mass is 35.5. The molecule has 0 spiro atoms. The Hall–Kier alpha value is -2.59. The predicted octanol–water partition coefficient (Wildman–Crippen LogP) is 4.65. The largest absolute Gasteiger partial charge is 0.483 e. The monoisotopic (exact) mass is 329 g/mol. The molecule has 3 aromatic rings. The second-order valence-corrected chi connectivity index (χ2v) is 5.32. The van der Waals surface area contributed by atoms with Gasteiger partial charge in [-0.1, -0.05) is 54.1 Å². The van der Waals surface area contributed by atoms with Gasteiger partial charge in [0.25, 0.3) is 5.91 Å². The van der Waals surface area contributed by atoms with Gasteiger partial charge in [-0.05, 0) is 23.6 Å². The van der Waals surface area contributed by atoms with E-state index in [1.807, 2.05) is 36.4 Å². The fraction of sp³-hybridized carbons (Fsp3) is 0.0556. The lowest BCUT2D eigenvalue weighted by Crippen LogP contribution is -2.20. The van der Waals surface area contributed by atoms with Crippen LogP contribution < -0.4 is 10.1 Å². The third-order valence-corrected chi connectivity index (χ3v) is 3.63. The second kappa shape index (κ2) is 6.67. The van der Waals surface area contributed by atoms with Crippen LogP contribution in [0.2, 0.25) is 5.02 Å². The number of nitrogens with one attached hydrogen (secondary N) is 1. The zero-order valence-electron chi connectivity index (χ0n) is 12.1. The van der Waals surface area contributed by atoms with Gasteiger partial charge >= 0.3 is 0 Å². The number of anilines is 1. The molecule has 0 fully saturated rings. The summed E-state index contributed by atoms with van der Waals surface area (Å²) in [7, 11) is 0. The Morgan fingerprint density at radius 3 is 2.65 bits per heavy atom. The van der Waals surface area contributed by atoms with Gasteiger partial charge in [-0.3, -0.25) is 4.79 Å². The molecule has 1 amide bonds. The van der Waals surface area contributed by atoms with Crippen LogP contribution in [-0.4, -0.2) is 12.5 Å². The van der Waals surface area contributed by atoms with E-state index in [9.17, 15) is 9.18 Å². The van der Waals surface area contributed by atoms with Crippen molar-refractivity contribution in [3.8, 4) is 5.75 Å². The first kappa shape index (κ1) is 15.3. The summed E-state index contributed by atoms with van der Waals surface area (Å²) >= 11 is 5.68. The van der Waals surface area contributed by atoms with Gasteiger partial charge in [0.15, 0.2) is 12.4 Å². The van der Waals surface area contributed by atoms with Gasteiger partial charge in [0.1, 0.15) is 5.75 Å². The summed E-state index contributed by atoms with van der Waals surface area (Å²) in [6, 6.07) is 17.7. The summed E-state index contributed by atoms with van der Waals surface area (Å²) in [6.45, 7) is -0.222. The van der Waals surface area contributed by atoms with Gasteiger partial charge in [-0.2, -0.15) is 0 Å². The van der Waals surface area contributed by atoms with E-state index < -0.39 is 11.7 Å². The van der Waals surface area contributed by atoms with Gasteiger partial charge in [0.05, 0.1) is 10.7 Å². The lowest BCUT2D eigenvalue weighted by molar-refractivity contribution is -0.118. The van der Waals surface area contributed by atoms with Crippen LogP contribution in [0.25, 0.3) is 10.8 Å². The molecular weight excluding hydrogens is 317 g/mol. The molecule has 116 valence electrons. The third kappa shape index (κ3) is 3.43. The van der Waals surface area contributed by atoms with E-state index in [4.69, 9.17) is 16.3 Å². The van der Waals surface area contributed by atoms with Crippen LogP contribution in [0.15, 0.2) is 60.7 Å². The van der Waals surface area contributed by atoms with Crippen molar-refractivity contribution in [3.05, 3.63) is 71.5 Å². The minimum absolute atomic E-state index is 0.0315. The van der Waals surface area contributed by atoms with Crippen molar-refractivity contribution in [2.45, 2.75) is 0 Å². The molecule has 0 bridgehead atoms. The number of benzene rings is 3. The number of hydrogen-bond donors (Lipinski definition) is 1. The van der Waals surface area contributed by atoms with E-state index in [0.717, 1.165) is 10.8 Å². The Balaban J connectivity index is 1.70. The van der Waals surface area contributed by atoms with Gasteiger partial charge in [-0.15, -0.1) is 0 Å². The smallest absolute Gasteiger partial charge is 0.262 e. The first-order valence-corrected chi connectivity index (χ1v) is 7.37. The zero-order valence-corrected chi connectivity index (χ0v) is 12.8. The molecule has 0 aromatic heterocycles. The molecule has 0 atom stereocenters. The minimum Gasteiger partial charge on any atom is -0.483 e. The normalized spacial score (nSPS) is 10.5. The summed E-state index contributed by atoms with van der Waals surface area (Å²) in [5.74, 6) is -0.517. The van der Waals surface area contributed by atoms with Gasteiger partial charge < -0.3 is 10.1 Å². The molecule has 0 heterocycles. The van der Waals surface area contributed by atoms with Crippen LogP contribution in [0, 0.1) is 5.82 Å². The van der Waals surface area contributed by atoms with E-state index in [2.05, 4.69) is 5.32 Å². The van der Waals surface area contributed by atoms with E-state index in [1.54, 1.807) is 12.1 Å². The fourth-order valence-corrected chi connectivity index (χ4v) is 2.43. The average Bonchev–Trinajstić information content (AvgIpc) is 2.57. The van der Waals surface area contributed by atoms with Crippen LogP contribution in [0.1, 0.15) is 0 Å². The van der Waals surface area contributed by atoms with Gasteiger partial charge in [0, 0.05) is 5.39 Å². The molecule has 3 aromatic carbocycles. The average molecular weight is 330 g/mol. The molecule has 3 nitrogen and oxygen atoms in total. The van der Waals surface area contributed by atoms with Crippen molar-refractivity contribution in [1.82, 2.24) is 0 Å². The summed E-state index contributed by atoms with van der Waals surface area (Å²) < 4.78 is 19.3. The Morgan fingerprint density at radius 1 is 1.04 bits per heavy atom. The molecule has 0 aliphatic heterocycles. The molecule has 3 rings (SSSR count). The molecule has 1 N–H and O–H groups in total. The lowest BCUT2D eigenvalue weighted by Gasteiger charge is -2.10. The van der Waals surface area contributed by atoms with Crippen molar-refractivity contribution < 1.29 is 13.9 Å². The molecule has 23 heavy (non-hydrogen) atoms. The number of fused-ring (bicyclic) bond motifs is 1. The Bertz CT molecular complexity index is 861. The molecule has 5 heteroatoms. The first-order chi connectivity index (χ1) is 11.1. The van der Waals surface area contributed by atoms with Gasteiger partial charge in [0.2, 0.25) is 0 Å². The van der Waals surface area contributed by atoms with Crippen LogP contribution in [0.4, 0.5) is 10.1 Å². The summed E-state index contributed by atoms with van der Waals surface area (Å²) in [5.41, 5.74) is 0.0315. The molecule has 0 saturated heterocycles. The second-order valence-electron chi connectivity index (χ2n) is 4.92. The highest BCUT2D eigenvalue weighted by Gasteiger charge is 2.11. The Morgan fingerprint density at radius 2 is 1.78 bits per heavy atom. The van der Waals surface area contributed by atoms with Crippen molar-refractivity contribution in [2.24, 2.45) is 0 Å². The number of amides is 1. The first-order valence-electron chi connectivity index (χ1n) is 6.99. The molecule has 0 unspecified atom stereocenters. The lowest BCUT2D eigenvalue weighted by atomic mass is 10.1. The standard InChI is InChI=1S/C18H13ClFNO2/c19-14-8-4-9-15(18(14)20)21-17(22)11-23-16-10-3-6-12-5-1-2-7-13(12)16/h1-10H,11H2,(H,21,22). The summed E-state index contributed by atoms with van der Waals surface area (Å²) in [5, 5.41) is 4.34. The SMILES string of the molecule is O=C(COc1cccc2ccccc12)Nc1cccc(Cl)c1F. The fourth-order valence-electron chi connectivity index (χ4n) is 2.25. The number of hydrogen-bond acceptors (Lipinski definition) is 2. The highest BCUT2D eigenvalue weighted by Crippen LogP contribution is 2.25. The maximum absolute atomic E-state index is 13.7. The van der Waals surface area contributed by atoms with E-state index >= 15 is 0 Å². The van der Waals surface area contributed by atoms with E-state index in [-0.39, 0.29) is 17.3 Å². The van der Waals surface area contributed by atoms with Crippen molar-refractivity contribution in [3.63, 3.8) is 0 Å². The van der Waals surface area contributed by atoms with Crippen LogP contribution in [0.3, 0.4) is 0 Å². The van der Waals surface area contributed by atoms with E-state index in [0.29, 0.717) is 5.75 Å². The Kier molecular flexibility index (Phi) is 4.44. The van der Waals surface area contributed by atoms with E-state index in [1.165, 1.54) is 12.1 Å². The number of ether oxygens (including phenoxy) is 1. The molecule has 0 saturated carbocycles. The summed E-state index contributed by atoms with van der Waals surface area (Å²) in [6.07, 6.45) is 0. The van der Waals surface area contributed by atoms with Crippen molar-refractivity contribution >= 4 is 34.0 Å². The zero-order chi connectivity index (χ0) is 16.2. The topological polar surface area (TPSA) is 38.3 Å². The number of halogens is 2. The quantitative estimate of drug-likeness (QED) is 0.756. The molecule has 0 radical (unpaired) electrons. The maximum atomic E-state index is 13.7. The molecular formula is C18H13ClFNO2. The van der Waals surface area contributed by atoms with Crippen LogP contribution in [0.5, 0.6) is 5.75 Å². The molecule has 0 aliphatic rings. The minimum atomic E-state index is -0.660. The number of carbonyl (C=O) groups excluding carboxylic acids is 1.